The largest absolute Gasteiger partial charge is 0.302 e. The normalized spacial score (nSPS) is 10.9. The Hall–Kier alpha value is -2.17. The van der Waals surface area contributed by atoms with E-state index in [0.717, 1.165) is 17.7 Å². The van der Waals surface area contributed by atoms with Gasteiger partial charge >= 0.3 is 0 Å². The van der Waals surface area contributed by atoms with Crippen molar-refractivity contribution in [2.24, 2.45) is 0 Å². The number of carbonyl (C=O) groups is 1. The van der Waals surface area contributed by atoms with Gasteiger partial charge in [0.2, 0.25) is 5.91 Å². The van der Waals surface area contributed by atoms with Crippen molar-refractivity contribution in [3.05, 3.63) is 70.1 Å². The number of amides is 1. The van der Waals surface area contributed by atoms with Crippen LogP contribution >= 0.6 is 22.9 Å². The molecular weight excluding hydrogens is 364 g/mol. The zero-order valence-corrected chi connectivity index (χ0v) is 16.4. The molecule has 0 saturated heterocycles. The third-order valence-electron chi connectivity index (χ3n) is 4.18. The van der Waals surface area contributed by atoms with Crippen LogP contribution in [-0.2, 0) is 11.2 Å². The molecule has 3 rings (SSSR count). The number of nitrogens with zero attached hydrogens (tertiary/aromatic N) is 1. The van der Waals surface area contributed by atoms with Crippen molar-refractivity contribution in [3.63, 3.8) is 0 Å². The Balaban J connectivity index is 1.54. The standard InChI is InChI=1S/C21H21ClN2OS/c1-14(2)16-6-3-15(4-7-16)5-12-20(25)24-21-23-19(13-26-21)17-8-10-18(22)11-9-17/h3-4,6-11,13-14H,5,12H2,1-2H3,(H,23,24,25). The fraction of sp³-hybridized carbons (Fsp3) is 0.238. The molecule has 3 nitrogen and oxygen atoms in total. The fourth-order valence-electron chi connectivity index (χ4n) is 2.59. The first-order valence-corrected chi connectivity index (χ1v) is 9.87. The van der Waals surface area contributed by atoms with E-state index in [-0.39, 0.29) is 5.91 Å². The number of aromatic nitrogens is 1. The molecule has 0 atom stereocenters. The topological polar surface area (TPSA) is 42.0 Å². The maximum absolute atomic E-state index is 12.2. The van der Waals surface area contributed by atoms with Crippen molar-refractivity contribution in [2.45, 2.75) is 32.6 Å². The van der Waals surface area contributed by atoms with E-state index in [0.29, 0.717) is 22.5 Å². The predicted octanol–water partition coefficient (Wildman–Crippen LogP) is 6.16. The van der Waals surface area contributed by atoms with Crippen molar-refractivity contribution in [1.29, 1.82) is 0 Å². The molecule has 0 bridgehead atoms. The number of hydrogen-bond acceptors (Lipinski definition) is 3. The lowest BCUT2D eigenvalue weighted by atomic mass is 10.0. The van der Waals surface area contributed by atoms with Crippen LogP contribution in [-0.4, -0.2) is 10.9 Å². The number of benzene rings is 2. The lowest BCUT2D eigenvalue weighted by Crippen LogP contribution is -2.12. The van der Waals surface area contributed by atoms with Crippen LogP contribution in [0.3, 0.4) is 0 Å². The molecule has 0 spiro atoms. The second-order valence-corrected chi connectivity index (χ2v) is 7.78. The molecule has 3 aromatic rings. The number of aryl methyl sites for hydroxylation is 1. The van der Waals surface area contributed by atoms with Gasteiger partial charge in [0, 0.05) is 22.4 Å². The minimum atomic E-state index is -0.0186. The molecule has 2 aromatic carbocycles. The maximum Gasteiger partial charge on any atom is 0.226 e. The minimum Gasteiger partial charge on any atom is -0.302 e. The quantitative estimate of drug-likeness (QED) is 0.553. The summed E-state index contributed by atoms with van der Waals surface area (Å²) in [7, 11) is 0. The maximum atomic E-state index is 12.2. The Bertz CT molecular complexity index is 870. The molecule has 0 aliphatic rings. The summed E-state index contributed by atoms with van der Waals surface area (Å²) in [5.41, 5.74) is 4.31. The zero-order chi connectivity index (χ0) is 18.5. The number of nitrogens with one attached hydrogen (secondary N) is 1. The van der Waals surface area contributed by atoms with Gasteiger partial charge in [0.25, 0.3) is 0 Å². The Kier molecular flexibility index (Phi) is 6.07. The molecule has 0 aliphatic carbocycles. The predicted molar refractivity (Wildman–Crippen MR) is 110 cm³/mol. The van der Waals surface area contributed by atoms with Crippen molar-refractivity contribution in [1.82, 2.24) is 4.98 Å². The summed E-state index contributed by atoms with van der Waals surface area (Å²) in [5, 5.41) is 6.13. The number of anilines is 1. The number of thiazole rings is 1. The number of hydrogen-bond donors (Lipinski definition) is 1. The minimum absolute atomic E-state index is 0.0186. The third-order valence-corrected chi connectivity index (χ3v) is 5.19. The van der Waals surface area contributed by atoms with Gasteiger partial charge in [-0.2, -0.15) is 0 Å². The van der Waals surface area contributed by atoms with E-state index in [9.17, 15) is 4.79 Å². The summed E-state index contributed by atoms with van der Waals surface area (Å²) in [4.78, 5) is 16.7. The van der Waals surface area contributed by atoms with Gasteiger partial charge in [0.15, 0.2) is 5.13 Å². The van der Waals surface area contributed by atoms with Crippen LogP contribution < -0.4 is 5.32 Å². The van der Waals surface area contributed by atoms with Gasteiger partial charge in [-0.05, 0) is 35.6 Å². The molecule has 0 radical (unpaired) electrons. The Morgan fingerprint density at radius 2 is 1.81 bits per heavy atom. The molecule has 0 fully saturated rings. The van der Waals surface area contributed by atoms with Crippen LogP contribution in [0.25, 0.3) is 11.3 Å². The molecule has 134 valence electrons. The Morgan fingerprint density at radius 1 is 1.12 bits per heavy atom. The van der Waals surface area contributed by atoms with Gasteiger partial charge in [0.05, 0.1) is 5.69 Å². The summed E-state index contributed by atoms with van der Waals surface area (Å²) in [6.07, 6.45) is 1.16. The van der Waals surface area contributed by atoms with E-state index >= 15 is 0 Å². The van der Waals surface area contributed by atoms with E-state index in [2.05, 4.69) is 48.4 Å². The Labute approximate surface area is 163 Å². The highest BCUT2D eigenvalue weighted by molar-refractivity contribution is 7.14. The van der Waals surface area contributed by atoms with Gasteiger partial charge in [-0.15, -0.1) is 11.3 Å². The van der Waals surface area contributed by atoms with Crippen LogP contribution in [0, 0.1) is 0 Å². The van der Waals surface area contributed by atoms with Crippen LogP contribution in [0.1, 0.15) is 37.3 Å². The van der Waals surface area contributed by atoms with Crippen molar-refractivity contribution in [3.8, 4) is 11.3 Å². The van der Waals surface area contributed by atoms with E-state index in [4.69, 9.17) is 11.6 Å². The lowest BCUT2D eigenvalue weighted by molar-refractivity contribution is -0.116. The monoisotopic (exact) mass is 384 g/mol. The number of halogens is 1. The zero-order valence-electron chi connectivity index (χ0n) is 14.8. The molecule has 0 aliphatic heterocycles. The lowest BCUT2D eigenvalue weighted by Gasteiger charge is -2.07. The van der Waals surface area contributed by atoms with E-state index in [1.165, 1.54) is 22.5 Å². The number of rotatable bonds is 6. The summed E-state index contributed by atoms with van der Waals surface area (Å²) in [6, 6.07) is 16.0. The highest BCUT2D eigenvalue weighted by Crippen LogP contribution is 2.26. The van der Waals surface area contributed by atoms with Crippen LogP contribution in [0.5, 0.6) is 0 Å². The van der Waals surface area contributed by atoms with Crippen LogP contribution in [0.4, 0.5) is 5.13 Å². The van der Waals surface area contributed by atoms with Gasteiger partial charge in [-0.25, -0.2) is 4.98 Å². The molecule has 1 N–H and O–H groups in total. The molecule has 26 heavy (non-hydrogen) atoms. The van der Waals surface area contributed by atoms with Gasteiger partial charge < -0.3 is 5.32 Å². The molecule has 1 aromatic heterocycles. The highest BCUT2D eigenvalue weighted by Gasteiger charge is 2.09. The molecular formula is C21H21ClN2OS. The number of carbonyl (C=O) groups excluding carboxylic acids is 1. The first kappa shape index (κ1) is 18.6. The summed E-state index contributed by atoms with van der Waals surface area (Å²) < 4.78 is 0. The molecule has 1 amide bonds. The fourth-order valence-corrected chi connectivity index (χ4v) is 3.46. The van der Waals surface area contributed by atoms with Crippen LogP contribution in [0.2, 0.25) is 5.02 Å². The average Bonchev–Trinajstić information content (AvgIpc) is 3.09. The molecule has 0 saturated carbocycles. The van der Waals surface area contributed by atoms with Gasteiger partial charge in [-0.3, -0.25) is 4.79 Å². The summed E-state index contributed by atoms with van der Waals surface area (Å²) >= 11 is 7.34. The van der Waals surface area contributed by atoms with Crippen LogP contribution in [0.15, 0.2) is 53.9 Å². The highest BCUT2D eigenvalue weighted by atomic mass is 35.5. The Morgan fingerprint density at radius 3 is 2.46 bits per heavy atom. The first-order chi connectivity index (χ1) is 12.5. The van der Waals surface area contributed by atoms with Gasteiger partial charge in [-0.1, -0.05) is 61.8 Å². The van der Waals surface area contributed by atoms with E-state index in [1.54, 1.807) is 0 Å². The summed E-state index contributed by atoms with van der Waals surface area (Å²) in [6.45, 7) is 4.35. The third kappa shape index (κ3) is 4.93. The smallest absolute Gasteiger partial charge is 0.226 e. The van der Waals surface area contributed by atoms with Crippen molar-refractivity contribution >= 4 is 34.0 Å². The summed E-state index contributed by atoms with van der Waals surface area (Å²) in [5.74, 6) is 0.502. The molecule has 5 heteroatoms. The van der Waals surface area contributed by atoms with Crippen molar-refractivity contribution in [2.75, 3.05) is 5.32 Å². The van der Waals surface area contributed by atoms with Crippen molar-refractivity contribution < 1.29 is 4.79 Å². The first-order valence-electron chi connectivity index (χ1n) is 8.61. The van der Waals surface area contributed by atoms with E-state index in [1.807, 2.05) is 29.6 Å². The second kappa shape index (κ2) is 8.47. The SMILES string of the molecule is CC(C)c1ccc(CCC(=O)Nc2nc(-c3ccc(Cl)cc3)cs2)cc1. The van der Waals surface area contributed by atoms with E-state index < -0.39 is 0 Å². The average molecular weight is 385 g/mol. The molecule has 0 unspecified atom stereocenters. The molecule has 1 heterocycles. The second-order valence-electron chi connectivity index (χ2n) is 6.49. The van der Waals surface area contributed by atoms with Gasteiger partial charge in [0.1, 0.15) is 0 Å².